The molecule has 0 saturated carbocycles. The van der Waals surface area contributed by atoms with Crippen LogP contribution in [-0.4, -0.2) is 11.7 Å². The minimum atomic E-state index is -0.719. The second-order valence-electron chi connectivity index (χ2n) is 4.51. The number of ketones is 1. The molecule has 0 aliphatic carbocycles. The summed E-state index contributed by atoms with van der Waals surface area (Å²) in [6.45, 7) is 1.50. The molecule has 0 bridgehead atoms. The van der Waals surface area contributed by atoms with Crippen molar-refractivity contribution in [2.45, 2.75) is 13.0 Å². The van der Waals surface area contributed by atoms with E-state index in [0.717, 1.165) is 5.56 Å². The molecule has 4 nitrogen and oxygen atoms in total. The van der Waals surface area contributed by atoms with Crippen molar-refractivity contribution in [1.82, 2.24) is 0 Å². The van der Waals surface area contributed by atoms with E-state index in [0.29, 0.717) is 11.3 Å². The fraction of sp³-hybridized carbons (Fsp3) is 0.125. The number of benzene rings is 2. The SMILES string of the molecule is CC(=O)c1ccc(NC(=O)[C@H](N)c2ccccc2)cc1. The van der Waals surface area contributed by atoms with E-state index >= 15 is 0 Å². The van der Waals surface area contributed by atoms with Gasteiger partial charge in [0.15, 0.2) is 5.78 Å². The molecule has 3 N–H and O–H groups in total. The minimum absolute atomic E-state index is 0.0103. The molecule has 0 fully saturated rings. The predicted octanol–water partition coefficient (Wildman–Crippen LogP) is 2.53. The van der Waals surface area contributed by atoms with Crippen LogP contribution in [0.2, 0.25) is 0 Å². The van der Waals surface area contributed by atoms with E-state index in [1.54, 1.807) is 24.3 Å². The van der Waals surface area contributed by atoms with Crippen LogP contribution in [0.25, 0.3) is 0 Å². The van der Waals surface area contributed by atoms with Gasteiger partial charge in [0.05, 0.1) is 0 Å². The maximum atomic E-state index is 12.0. The van der Waals surface area contributed by atoms with Crippen LogP contribution in [0.3, 0.4) is 0 Å². The van der Waals surface area contributed by atoms with E-state index < -0.39 is 6.04 Å². The van der Waals surface area contributed by atoms with Crippen LogP contribution < -0.4 is 11.1 Å². The molecule has 1 atom stereocenters. The lowest BCUT2D eigenvalue weighted by Gasteiger charge is -2.12. The molecule has 1 amide bonds. The highest BCUT2D eigenvalue weighted by atomic mass is 16.2. The molecule has 2 aromatic rings. The van der Waals surface area contributed by atoms with Crippen molar-refractivity contribution in [3.05, 3.63) is 65.7 Å². The first-order valence-corrected chi connectivity index (χ1v) is 6.30. The summed E-state index contributed by atoms with van der Waals surface area (Å²) in [6, 6.07) is 15.2. The predicted molar refractivity (Wildman–Crippen MR) is 78.4 cm³/mol. The number of nitrogens with two attached hydrogens (primary N) is 1. The number of nitrogens with one attached hydrogen (secondary N) is 1. The van der Waals surface area contributed by atoms with Gasteiger partial charge in [0.25, 0.3) is 0 Å². The number of hydrogen-bond acceptors (Lipinski definition) is 3. The Balaban J connectivity index is 2.06. The number of rotatable bonds is 4. The van der Waals surface area contributed by atoms with E-state index in [1.165, 1.54) is 6.92 Å². The first-order chi connectivity index (χ1) is 9.58. The second kappa shape index (κ2) is 6.12. The molecule has 0 aliphatic rings. The number of carbonyl (C=O) groups excluding carboxylic acids is 2. The summed E-state index contributed by atoms with van der Waals surface area (Å²) in [6.07, 6.45) is 0. The van der Waals surface area contributed by atoms with Crippen molar-refractivity contribution in [2.75, 3.05) is 5.32 Å². The first-order valence-electron chi connectivity index (χ1n) is 6.30. The third kappa shape index (κ3) is 3.30. The molecule has 0 heterocycles. The van der Waals surface area contributed by atoms with Gasteiger partial charge in [-0.3, -0.25) is 9.59 Å². The highest BCUT2D eigenvalue weighted by Crippen LogP contribution is 2.14. The Morgan fingerprint density at radius 1 is 1.00 bits per heavy atom. The normalized spacial score (nSPS) is 11.7. The average molecular weight is 268 g/mol. The summed E-state index contributed by atoms with van der Waals surface area (Å²) in [7, 11) is 0. The Hall–Kier alpha value is -2.46. The lowest BCUT2D eigenvalue weighted by atomic mass is 10.1. The van der Waals surface area contributed by atoms with Crippen molar-refractivity contribution in [3.63, 3.8) is 0 Å². The maximum absolute atomic E-state index is 12.0. The Morgan fingerprint density at radius 3 is 2.15 bits per heavy atom. The van der Waals surface area contributed by atoms with Gasteiger partial charge in [0.2, 0.25) is 5.91 Å². The number of anilines is 1. The number of carbonyl (C=O) groups is 2. The van der Waals surface area contributed by atoms with Crippen molar-refractivity contribution in [1.29, 1.82) is 0 Å². The molecule has 0 aromatic heterocycles. The lowest BCUT2D eigenvalue weighted by molar-refractivity contribution is -0.117. The van der Waals surface area contributed by atoms with E-state index in [2.05, 4.69) is 5.32 Å². The maximum Gasteiger partial charge on any atom is 0.245 e. The lowest BCUT2D eigenvalue weighted by Crippen LogP contribution is -2.27. The van der Waals surface area contributed by atoms with Gasteiger partial charge in [0, 0.05) is 11.3 Å². The zero-order valence-corrected chi connectivity index (χ0v) is 11.2. The number of amides is 1. The summed E-state index contributed by atoms with van der Waals surface area (Å²) in [5, 5.41) is 2.73. The summed E-state index contributed by atoms with van der Waals surface area (Å²) in [4.78, 5) is 23.2. The Labute approximate surface area is 117 Å². The van der Waals surface area contributed by atoms with Crippen LogP contribution in [0.15, 0.2) is 54.6 Å². The molecule has 0 saturated heterocycles. The van der Waals surface area contributed by atoms with E-state index in [-0.39, 0.29) is 11.7 Å². The molecular formula is C16H16N2O2. The summed E-state index contributed by atoms with van der Waals surface area (Å²) < 4.78 is 0. The summed E-state index contributed by atoms with van der Waals surface area (Å²) in [5.74, 6) is -0.296. The molecule has 0 unspecified atom stereocenters. The van der Waals surface area contributed by atoms with Crippen LogP contribution in [-0.2, 0) is 4.79 Å². The monoisotopic (exact) mass is 268 g/mol. The van der Waals surface area contributed by atoms with E-state index in [1.807, 2.05) is 30.3 Å². The first kappa shape index (κ1) is 14.0. The zero-order valence-electron chi connectivity index (χ0n) is 11.2. The average Bonchev–Trinajstić information content (AvgIpc) is 2.48. The Kier molecular flexibility index (Phi) is 4.27. The molecule has 20 heavy (non-hydrogen) atoms. The van der Waals surface area contributed by atoms with Gasteiger partial charge in [0.1, 0.15) is 6.04 Å². The standard InChI is InChI=1S/C16H16N2O2/c1-11(19)12-7-9-14(10-8-12)18-16(20)15(17)13-5-3-2-4-6-13/h2-10,15H,17H2,1H3,(H,18,20)/t15-/m1/s1. The second-order valence-corrected chi connectivity index (χ2v) is 4.51. The van der Waals surface area contributed by atoms with Gasteiger partial charge < -0.3 is 11.1 Å². The Bertz CT molecular complexity index is 606. The number of hydrogen-bond donors (Lipinski definition) is 2. The molecule has 2 aromatic carbocycles. The third-order valence-electron chi connectivity index (χ3n) is 3.00. The quantitative estimate of drug-likeness (QED) is 0.837. The van der Waals surface area contributed by atoms with Crippen LogP contribution in [0.5, 0.6) is 0 Å². The topological polar surface area (TPSA) is 72.2 Å². The fourth-order valence-electron chi connectivity index (χ4n) is 1.82. The third-order valence-corrected chi connectivity index (χ3v) is 3.00. The van der Waals surface area contributed by atoms with E-state index in [4.69, 9.17) is 5.73 Å². The number of Topliss-reactive ketones (excluding diaryl/α,β-unsaturated/α-hetero) is 1. The van der Waals surface area contributed by atoms with Crippen molar-refractivity contribution in [2.24, 2.45) is 5.73 Å². The summed E-state index contributed by atoms with van der Waals surface area (Å²) >= 11 is 0. The molecule has 0 aliphatic heterocycles. The van der Waals surface area contributed by atoms with Crippen LogP contribution in [0.4, 0.5) is 5.69 Å². The fourth-order valence-corrected chi connectivity index (χ4v) is 1.82. The Morgan fingerprint density at radius 2 is 1.60 bits per heavy atom. The van der Waals surface area contributed by atoms with Crippen molar-refractivity contribution in [3.8, 4) is 0 Å². The highest BCUT2D eigenvalue weighted by Gasteiger charge is 2.15. The van der Waals surface area contributed by atoms with Crippen LogP contribution in [0.1, 0.15) is 28.9 Å². The van der Waals surface area contributed by atoms with Crippen LogP contribution >= 0.6 is 0 Å². The molecule has 102 valence electrons. The summed E-state index contributed by atoms with van der Waals surface area (Å²) in [5.41, 5.74) is 7.88. The van der Waals surface area contributed by atoms with Gasteiger partial charge in [-0.1, -0.05) is 30.3 Å². The van der Waals surface area contributed by atoms with E-state index in [9.17, 15) is 9.59 Å². The molecule has 4 heteroatoms. The van der Waals surface area contributed by atoms with Gasteiger partial charge >= 0.3 is 0 Å². The van der Waals surface area contributed by atoms with Gasteiger partial charge in [-0.25, -0.2) is 0 Å². The van der Waals surface area contributed by atoms with Crippen molar-refractivity contribution >= 4 is 17.4 Å². The molecule has 0 radical (unpaired) electrons. The molecule has 2 rings (SSSR count). The smallest absolute Gasteiger partial charge is 0.245 e. The van der Waals surface area contributed by atoms with Crippen molar-refractivity contribution < 1.29 is 9.59 Å². The van der Waals surface area contributed by atoms with Crippen LogP contribution in [0, 0.1) is 0 Å². The van der Waals surface area contributed by atoms with Gasteiger partial charge in [-0.2, -0.15) is 0 Å². The van der Waals surface area contributed by atoms with Gasteiger partial charge in [-0.05, 0) is 36.8 Å². The highest BCUT2D eigenvalue weighted by molar-refractivity contribution is 5.97. The molecular weight excluding hydrogens is 252 g/mol. The molecule has 0 spiro atoms. The largest absolute Gasteiger partial charge is 0.324 e. The van der Waals surface area contributed by atoms with Gasteiger partial charge in [-0.15, -0.1) is 0 Å². The minimum Gasteiger partial charge on any atom is -0.324 e. The zero-order chi connectivity index (χ0) is 14.5.